The number of ketones is 1. The van der Waals surface area contributed by atoms with Crippen LogP contribution in [0.15, 0.2) is 96.8 Å². The van der Waals surface area contributed by atoms with Crippen molar-refractivity contribution in [3.8, 4) is 5.75 Å². The number of carbonyl (C=O) groups excluding carboxylic acids is 2. The number of hydrogen-bond acceptors (Lipinski definition) is 5. The average Bonchev–Trinajstić information content (AvgIpc) is 3.14. The lowest BCUT2D eigenvalue weighted by Gasteiger charge is -2.26. The normalized spacial score (nSPS) is 17.2. The number of pyridine rings is 1. The van der Waals surface area contributed by atoms with Crippen LogP contribution in [0.2, 0.25) is 0 Å². The number of aromatic nitrogens is 1. The molecule has 4 aromatic rings. The predicted molar refractivity (Wildman–Crippen MR) is 134 cm³/mol. The molecule has 0 aliphatic carbocycles. The smallest absolute Gasteiger partial charge is 0.295 e. The number of likely N-dealkylation sites (tertiary alicyclic amines) is 1. The highest BCUT2D eigenvalue weighted by molar-refractivity contribution is 6.46. The van der Waals surface area contributed by atoms with Gasteiger partial charge < -0.3 is 14.7 Å². The van der Waals surface area contributed by atoms with Gasteiger partial charge in [0.2, 0.25) is 0 Å². The third kappa shape index (κ3) is 4.15. The number of fused-ring (bicyclic) bond motifs is 1. The number of aliphatic hydroxyl groups excluding tert-OH is 1. The highest BCUT2D eigenvalue weighted by atomic mass is 16.5. The van der Waals surface area contributed by atoms with Crippen molar-refractivity contribution in [3.05, 3.63) is 114 Å². The van der Waals surface area contributed by atoms with Gasteiger partial charge in [-0.1, -0.05) is 48.5 Å². The number of benzene rings is 3. The Morgan fingerprint density at radius 3 is 2.49 bits per heavy atom. The molecule has 1 amide bonds. The average molecular weight is 465 g/mol. The molecule has 1 aliphatic heterocycles. The molecular weight excluding hydrogens is 440 g/mol. The SMILES string of the molecule is CCOc1ccc(C(O)=C2C(=O)C(=O)N(Cc3cccnc3)C2c2cccc3ccccc23)cc1. The fourth-order valence-corrected chi connectivity index (χ4v) is 4.57. The van der Waals surface area contributed by atoms with Gasteiger partial charge in [-0.15, -0.1) is 0 Å². The van der Waals surface area contributed by atoms with Gasteiger partial charge in [0, 0.05) is 24.5 Å². The lowest BCUT2D eigenvalue weighted by Crippen LogP contribution is -2.29. The van der Waals surface area contributed by atoms with Crippen molar-refractivity contribution in [1.29, 1.82) is 0 Å². The second-order valence-corrected chi connectivity index (χ2v) is 8.31. The zero-order valence-corrected chi connectivity index (χ0v) is 19.2. The van der Waals surface area contributed by atoms with E-state index < -0.39 is 17.7 Å². The molecule has 0 radical (unpaired) electrons. The Bertz CT molecular complexity index is 1420. The minimum atomic E-state index is -0.757. The van der Waals surface area contributed by atoms with Crippen molar-refractivity contribution in [3.63, 3.8) is 0 Å². The first kappa shape index (κ1) is 22.3. The van der Waals surface area contributed by atoms with Gasteiger partial charge in [0.15, 0.2) is 0 Å². The Labute approximate surface area is 203 Å². The fourth-order valence-electron chi connectivity index (χ4n) is 4.57. The summed E-state index contributed by atoms with van der Waals surface area (Å²) in [5.74, 6) is -0.915. The van der Waals surface area contributed by atoms with Crippen LogP contribution in [0.3, 0.4) is 0 Å². The van der Waals surface area contributed by atoms with Crippen LogP contribution < -0.4 is 4.74 Å². The summed E-state index contributed by atoms with van der Waals surface area (Å²) in [5, 5.41) is 13.2. The molecule has 0 spiro atoms. The lowest BCUT2D eigenvalue weighted by atomic mass is 9.91. The Morgan fingerprint density at radius 1 is 0.971 bits per heavy atom. The molecule has 1 aromatic heterocycles. The van der Waals surface area contributed by atoms with E-state index in [1.807, 2.05) is 55.5 Å². The van der Waals surface area contributed by atoms with Crippen molar-refractivity contribution >= 4 is 28.2 Å². The van der Waals surface area contributed by atoms with E-state index in [-0.39, 0.29) is 17.9 Å². The molecule has 0 bridgehead atoms. The Hall–Kier alpha value is -4.45. The summed E-state index contributed by atoms with van der Waals surface area (Å²) in [6.07, 6.45) is 3.33. The summed E-state index contributed by atoms with van der Waals surface area (Å²) in [5.41, 5.74) is 2.08. The lowest BCUT2D eigenvalue weighted by molar-refractivity contribution is -0.140. The molecule has 1 saturated heterocycles. The molecule has 1 atom stereocenters. The van der Waals surface area contributed by atoms with Gasteiger partial charge >= 0.3 is 0 Å². The van der Waals surface area contributed by atoms with Crippen LogP contribution in [0.4, 0.5) is 0 Å². The van der Waals surface area contributed by atoms with Crippen molar-refractivity contribution < 1.29 is 19.4 Å². The first-order valence-corrected chi connectivity index (χ1v) is 11.5. The van der Waals surface area contributed by atoms with Gasteiger partial charge in [-0.25, -0.2) is 0 Å². The van der Waals surface area contributed by atoms with Crippen LogP contribution in [0.1, 0.15) is 29.7 Å². The molecule has 6 heteroatoms. The van der Waals surface area contributed by atoms with Gasteiger partial charge in [-0.2, -0.15) is 0 Å². The predicted octanol–water partition coefficient (Wildman–Crippen LogP) is 5.26. The van der Waals surface area contributed by atoms with Crippen molar-refractivity contribution in [1.82, 2.24) is 9.88 Å². The molecule has 1 fully saturated rings. The Balaban J connectivity index is 1.69. The maximum atomic E-state index is 13.4. The molecule has 2 heterocycles. The monoisotopic (exact) mass is 464 g/mol. The number of amides is 1. The number of hydrogen-bond donors (Lipinski definition) is 1. The van der Waals surface area contributed by atoms with Crippen LogP contribution in [0.25, 0.3) is 16.5 Å². The summed E-state index contributed by atoms with van der Waals surface area (Å²) in [4.78, 5) is 32.3. The summed E-state index contributed by atoms with van der Waals surface area (Å²) >= 11 is 0. The number of aliphatic hydroxyl groups is 1. The van der Waals surface area contributed by atoms with Gasteiger partial charge in [-0.3, -0.25) is 14.6 Å². The zero-order valence-electron chi connectivity index (χ0n) is 19.2. The fraction of sp³-hybridized carbons (Fsp3) is 0.138. The van der Waals surface area contributed by atoms with E-state index in [1.54, 1.807) is 42.7 Å². The van der Waals surface area contributed by atoms with E-state index in [1.165, 1.54) is 4.90 Å². The molecule has 6 nitrogen and oxygen atoms in total. The standard InChI is InChI=1S/C29H24N2O4/c1-2-35-22-14-12-21(13-15-22)27(32)25-26(24-11-5-9-20-8-3-4-10-23(20)24)31(29(34)28(25)33)18-19-7-6-16-30-17-19/h3-17,26,32H,2,18H2,1H3. The maximum absolute atomic E-state index is 13.4. The van der Waals surface area contributed by atoms with Crippen LogP contribution in [0.5, 0.6) is 5.75 Å². The molecule has 1 aliphatic rings. The third-order valence-corrected chi connectivity index (χ3v) is 6.17. The second-order valence-electron chi connectivity index (χ2n) is 8.31. The number of nitrogens with zero attached hydrogens (tertiary/aromatic N) is 2. The third-order valence-electron chi connectivity index (χ3n) is 6.17. The first-order chi connectivity index (χ1) is 17.1. The van der Waals surface area contributed by atoms with E-state index in [4.69, 9.17) is 4.74 Å². The summed E-state index contributed by atoms with van der Waals surface area (Å²) in [7, 11) is 0. The largest absolute Gasteiger partial charge is 0.507 e. The quantitative estimate of drug-likeness (QED) is 0.239. The maximum Gasteiger partial charge on any atom is 0.295 e. The molecule has 5 rings (SSSR count). The second kappa shape index (κ2) is 9.43. The van der Waals surface area contributed by atoms with E-state index in [0.29, 0.717) is 17.9 Å². The van der Waals surface area contributed by atoms with Gasteiger partial charge in [0.05, 0.1) is 18.2 Å². The summed E-state index contributed by atoms with van der Waals surface area (Å²) < 4.78 is 5.49. The van der Waals surface area contributed by atoms with Crippen LogP contribution in [-0.4, -0.2) is 33.3 Å². The van der Waals surface area contributed by atoms with E-state index >= 15 is 0 Å². The Kier molecular flexibility index (Phi) is 6.02. The number of Topliss-reactive ketones (excluding diaryl/α,β-unsaturated/α-hetero) is 1. The van der Waals surface area contributed by atoms with Crippen LogP contribution >= 0.6 is 0 Å². The highest BCUT2D eigenvalue weighted by Gasteiger charge is 2.46. The summed E-state index contributed by atoms with van der Waals surface area (Å²) in [6, 6.07) is 23.3. The van der Waals surface area contributed by atoms with E-state index in [0.717, 1.165) is 21.9 Å². The Morgan fingerprint density at radius 2 is 1.74 bits per heavy atom. The molecular formula is C29H24N2O4. The molecule has 1 unspecified atom stereocenters. The van der Waals surface area contributed by atoms with Crippen LogP contribution in [0, 0.1) is 0 Å². The molecule has 3 aromatic carbocycles. The summed E-state index contributed by atoms with van der Waals surface area (Å²) in [6.45, 7) is 2.60. The van der Waals surface area contributed by atoms with Crippen molar-refractivity contribution in [2.75, 3.05) is 6.61 Å². The molecule has 174 valence electrons. The minimum absolute atomic E-state index is 0.0689. The van der Waals surface area contributed by atoms with Crippen molar-refractivity contribution in [2.24, 2.45) is 0 Å². The zero-order chi connectivity index (χ0) is 24.4. The molecule has 0 saturated carbocycles. The van der Waals surface area contributed by atoms with Crippen molar-refractivity contribution in [2.45, 2.75) is 19.5 Å². The highest BCUT2D eigenvalue weighted by Crippen LogP contribution is 2.42. The van der Waals surface area contributed by atoms with E-state index in [2.05, 4.69) is 4.98 Å². The molecule has 35 heavy (non-hydrogen) atoms. The first-order valence-electron chi connectivity index (χ1n) is 11.5. The number of rotatable bonds is 6. The van der Waals surface area contributed by atoms with Gasteiger partial charge in [-0.05, 0) is 59.2 Å². The molecule has 1 N–H and O–H groups in total. The number of ether oxygens (including phenoxy) is 1. The van der Waals surface area contributed by atoms with Crippen LogP contribution in [-0.2, 0) is 16.1 Å². The topological polar surface area (TPSA) is 79.7 Å². The van der Waals surface area contributed by atoms with E-state index in [9.17, 15) is 14.7 Å². The number of carbonyl (C=O) groups is 2. The minimum Gasteiger partial charge on any atom is -0.507 e. The van der Waals surface area contributed by atoms with Gasteiger partial charge in [0.25, 0.3) is 11.7 Å². The van der Waals surface area contributed by atoms with Gasteiger partial charge in [0.1, 0.15) is 11.5 Å².